The lowest BCUT2D eigenvalue weighted by atomic mass is 9.80. The number of amides is 3. The molecular formula is C11H18N2O4S. The maximum absolute atomic E-state index is 12.0. The summed E-state index contributed by atoms with van der Waals surface area (Å²) >= 11 is 0. The molecular weight excluding hydrogens is 256 g/mol. The van der Waals surface area contributed by atoms with Gasteiger partial charge in [0.25, 0.3) is 5.91 Å². The predicted molar refractivity (Wildman–Crippen MR) is 65.8 cm³/mol. The highest BCUT2D eigenvalue weighted by molar-refractivity contribution is 7.90. The number of hydrogen-bond donors (Lipinski definition) is 1. The maximum Gasteiger partial charge on any atom is 0.325 e. The van der Waals surface area contributed by atoms with E-state index in [1.54, 1.807) is 0 Å². The molecule has 2 aliphatic rings. The van der Waals surface area contributed by atoms with Crippen LogP contribution in [-0.2, 0) is 14.6 Å². The first kappa shape index (κ1) is 13.3. The number of hydrogen-bond acceptors (Lipinski definition) is 4. The minimum Gasteiger partial charge on any atom is -0.309 e. The number of nitrogens with zero attached hydrogens (tertiary/aromatic N) is 1. The van der Waals surface area contributed by atoms with Crippen LogP contribution in [0.3, 0.4) is 0 Å². The highest BCUT2D eigenvalue weighted by atomic mass is 32.2. The predicted octanol–water partition coefficient (Wildman–Crippen LogP) is 0.286. The first-order valence-corrected chi connectivity index (χ1v) is 8.22. The van der Waals surface area contributed by atoms with E-state index in [1.807, 2.05) is 0 Å². The number of urea groups is 1. The van der Waals surface area contributed by atoms with Crippen molar-refractivity contribution >= 4 is 21.8 Å². The fourth-order valence-corrected chi connectivity index (χ4v) is 3.32. The largest absolute Gasteiger partial charge is 0.325 e. The van der Waals surface area contributed by atoms with Crippen molar-refractivity contribution in [3.63, 3.8) is 0 Å². The summed E-state index contributed by atoms with van der Waals surface area (Å²) in [7, 11) is -3.14. The second kappa shape index (κ2) is 4.53. The molecule has 2 fully saturated rings. The molecule has 0 aromatic rings. The molecule has 7 heteroatoms. The van der Waals surface area contributed by atoms with Crippen molar-refractivity contribution in [2.24, 2.45) is 0 Å². The normalized spacial score (nSPS) is 23.5. The van der Waals surface area contributed by atoms with E-state index in [0.717, 1.165) is 25.5 Å². The monoisotopic (exact) mass is 274 g/mol. The summed E-state index contributed by atoms with van der Waals surface area (Å²) < 4.78 is 22.4. The van der Waals surface area contributed by atoms with Crippen LogP contribution in [0.1, 0.15) is 32.1 Å². The molecule has 1 spiro atoms. The zero-order valence-corrected chi connectivity index (χ0v) is 11.3. The van der Waals surface area contributed by atoms with Crippen molar-refractivity contribution in [1.82, 2.24) is 10.2 Å². The van der Waals surface area contributed by atoms with Gasteiger partial charge in [0.2, 0.25) is 0 Å². The molecule has 0 unspecified atom stereocenters. The Bertz CT molecular complexity index is 465. The molecule has 0 aromatic heterocycles. The summed E-state index contributed by atoms with van der Waals surface area (Å²) in [6.07, 6.45) is 5.26. The minimum atomic E-state index is -3.14. The van der Waals surface area contributed by atoms with Gasteiger partial charge < -0.3 is 4.90 Å². The molecule has 1 heterocycles. The van der Waals surface area contributed by atoms with Crippen LogP contribution < -0.4 is 5.32 Å². The summed E-state index contributed by atoms with van der Waals surface area (Å²) in [6.45, 7) is 0.0937. The second-order valence-corrected chi connectivity index (χ2v) is 7.39. The Hall–Kier alpha value is -1.11. The van der Waals surface area contributed by atoms with Crippen molar-refractivity contribution in [3.8, 4) is 0 Å². The number of rotatable bonds is 3. The highest BCUT2D eigenvalue weighted by Gasteiger charge is 2.52. The van der Waals surface area contributed by atoms with Crippen molar-refractivity contribution in [2.45, 2.75) is 37.6 Å². The maximum atomic E-state index is 12.0. The first-order valence-electron chi connectivity index (χ1n) is 6.16. The van der Waals surface area contributed by atoms with Gasteiger partial charge in [0.05, 0.1) is 5.75 Å². The molecule has 0 bridgehead atoms. The van der Waals surface area contributed by atoms with Crippen molar-refractivity contribution in [1.29, 1.82) is 0 Å². The van der Waals surface area contributed by atoms with Crippen LogP contribution in [0, 0.1) is 0 Å². The Morgan fingerprint density at radius 2 is 1.83 bits per heavy atom. The number of sulfone groups is 1. The van der Waals surface area contributed by atoms with Crippen LogP contribution in [-0.4, -0.2) is 49.3 Å². The van der Waals surface area contributed by atoms with E-state index in [0.29, 0.717) is 12.8 Å². The molecule has 0 atom stereocenters. The Balaban J connectivity index is 2.19. The van der Waals surface area contributed by atoms with Crippen LogP contribution in [0.2, 0.25) is 0 Å². The Morgan fingerprint density at radius 1 is 1.22 bits per heavy atom. The number of imide groups is 1. The molecule has 1 aliphatic heterocycles. The van der Waals surface area contributed by atoms with Crippen LogP contribution >= 0.6 is 0 Å². The standard InChI is InChI=1S/C11H18N2O4S/c1-18(16,17)8-7-13-10(15)12-9(14)11(13)5-3-2-4-6-11/h2-8H2,1H3,(H,12,14,15). The molecule has 1 saturated heterocycles. The SMILES string of the molecule is CS(=O)(=O)CCN1C(=O)NC(=O)C12CCCCC2. The summed E-state index contributed by atoms with van der Waals surface area (Å²) in [5, 5.41) is 2.32. The second-order valence-electron chi connectivity index (χ2n) is 5.13. The summed E-state index contributed by atoms with van der Waals surface area (Å²) in [6, 6.07) is -0.453. The van der Waals surface area contributed by atoms with Gasteiger partial charge >= 0.3 is 6.03 Å². The minimum absolute atomic E-state index is 0.0937. The van der Waals surface area contributed by atoms with Crippen LogP contribution in [0.15, 0.2) is 0 Å². The summed E-state index contributed by atoms with van der Waals surface area (Å²) in [5.41, 5.74) is -0.792. The molecule has 3 amide bonds. The fourth-order valence-electron chi connectivity index (χ4n) is 2.80. The lowest BCUT2D eigenvalue weighted by Gasteiger charge is -2.38. The lowest BCUT2D eigenvalue weighted by Crippen LogP contribution is -2.52. The van der Waals surface area contributed by atoms with Gasteiger partial charge in [-0.2, -0.15) is 0 Å². The van der Waals surface area contributed by atoms with Gasteiger partial charge in [-0.25, -0.2) is 13.2 Å². The van der Waals surface area contributed by atoms with Crippen molar-refractivity contribution < 1.29 is 18.0 Å². The molecule has 2 rings (SSSR count). The summed E-state index contributed by atoms with van der Waals surface area (Å²) in [5.74, 6) is -0.365. The third-order valence-corrected chi connectivity index (χ3v) is 4.70. The van der Waals surface area contributed by atoms with E-state index in [1.165, 1.54) is 4.90 Å². The Kier molecular flexibility index (Phi) is 3.35. The molecule has 18 heavy (non-hydrogen) atoms. The van der Waals surface area contributed by atoms with E-state index in [9.17, 15) is 18.0 Å². The van der Waals surface area contributed by atoms with Crippen molar-refractivity contribution in [3.05, 3.63) is 0 Å². The van der Waals surface area contributed by atoms with Crippen LogP contribution in [0.4, 0.5) is 4.79 Å². The van der Waals surface area contributed by atoms with Gasteiger partial charge in [0.1, 0.15) is 15.4 Å². The van der Waals surface area contributed by atoms with Gasteiger partial charge in [-0.3, -0.25) is 10.1 Å². The zero-order valence-electron chi connectivity index (χ0n) is 10.4. The van der Waals surface area contributed by atoms with Gasteiger partial charge in [-0.15, -0.1) is 0 Å². The molecule has 1 N–H and O–H groups in total. The molecule has 0 aromatic carbocycles. The van der Waals surface area contributed by atoms with Crippen LogP contribution in [0.25, 0.3) is 0 Å². The zero-order chi connectivity index (χ0) is 13.4. The van der Waals surface area contributed by atoms with Gasteiger partial charge in [0, 0.05) is 12.8 Å². The van der Waals surface area contributed by atoms with Crippen LogP contribution in [0.5, 0.6) is 0 Å². The molecule has 0 radical (unpaired) electrons. The van der Waals surface area contributed by atoms with Gasteiger partial charge in [-0.05, 0) is 12.8 Å². The molecule has 102 valence electrons. The van der Waals surface area contributed by atoms with E-state index in [2.05, 4.69) is 5.32 Å². The lowest BCUT2D eigenvalue weighted by molar-refractivity contribution is -0.128. The van der Waals surface area contributed by atoms with E-state index in [-0.39, 0.29) is 18.2 Å². The fraction of sp³-hybridized carbons (Fsp3) is 0.818. The third kappa shape index (κ3) is 2.36. The van der Waals surface area contributed by atoms with E-state index < -0.39 is 21.4 Å². The molecule has 6 nitrogen and oxygen atoms in total. The smallest absolute Gasteiger partial charge is 0.309 e. The third-order valence-electron chi connectivity index (χ3n) is 3.77. The molecule has 1 saturated carbocycles. The van der Waals surface area contributed by atoms with Gasteiger partial charge in [-0.1, -0.05) is 19.3 Å². The van der Waals surface area contributed by atoms with Crippen molar-refractivity contribution in [2.75, 3.05) is 18.6 Å². The number of carbonyl (C=O) groups is 2. The quantitative estimate of drug-likeness (QED) is 0.750. The highest BCUT2D eigenvalue weighted by Crippen LogP contribution is 2.36. The van der Waals surface area contributed by atoms with E-state index in [4.69, 9.17) is 0 Å². The van der Waals surface area contributed by atoms with Gasteiger partial charge in [0.15, 0.2) is 0 Å². The average Bonchev–Trinajstić information content (AvgIpc) is 2.49. The number of carbonyl (C=O) groups excluding carboxylic acids is 2. The topological polar surface area (TPSA) is 83.6 Å². The average molecular weight is 274 g/mol. The number of nitrogens with one attached hydrogen (secondary N) is 1. The molecule has 1 aliphatic carbocycles. The Morgan fingerprint density at radius 3 is 2.39 bits per heavy atom. The Labute approximate surface area is 107 Å². The van der Waals surface area contributed by atoms with E-state index >= 15 is 0 Å². The summed E-state index contributed by atoms with van der Waals surface area (Å²) in [4.78, 5) is 25.2. The first-order chi connectivity index (χ1) is 8.35.